The van der Waals surface area contributed by atoms with Crippen LogP contribution in [0.5, 0.6) is 11.5 Å². The van der Waals surface area contributed by atoms with E-state index in [9.17, 15) is 20.4 Å². The molecule has 0 radical (unpaired) electrons. The lowest BCUT2D eigenvalue weighted by molar-refractivity contribution is -0.358. The van der Waals surface area contributed by atoms with Crippen molar-refractivity contribution >= 4 is 0 Å². The third kappa shape index (κ3) is 2.65. The molecule has 3 rings (SSSR count). The molecule has 2 saturated heterocycles. The zero-order chi connectivity index (χ0) is 15.9. The normalized spacial score (nSPS) is 38.5. The van der Waals surface area contributed by atoms with Crippen molar-refractivity contribution in [1.29, 1.82) is 0 Å². The number of ether oxygens (including phenoxy) is 4. The van der Waals surface area contributed by atoms with Crippen molar-refractivity contribution in [3.05, 3.63) is 23.8 Å². The Morgan fingerprint density at radius 2 is 1.86 bits per heavy atom. The van der Waals surface area contributed by atoms with E-state index in [1.807, 2.05) is 0 Å². The summed E-state index contributed by atoms with van der Waals surface area (Å²) in [5.41, 5.74) is 0.476. The van der Waals surface area contributed by atoms with Crippen LogP contribution in [0.1, 0.15) is 11.9 Å². The first-order chi connectivity index (χ1) is 10.5. The van der Waals surface area contributed by atoms with Crippen molar-refractivity contribution in [1.82, 2.24) is 0 Å². The number of hydrogen-bond donors (Lipinski definition) is 4. The predicted molar refractivity (Wildman–Crippen MR) is 71.0 cm³/mol. The number of methoxy groups -OCH3 is 1. The monoisotopic (exact) mass is 314 g/mol. The lowest BCUT2D eigenvalue weighted by Crippen LogP contribution is -2.62. The van der Waals surface area contributed by atoms with Gasteiger partial charge in [0.25, 0.3) is 0 Å². The van der Waals surface area contributed by atoms with Gasteiger partial charge in [0.05, 0.1) is 6.61 Å². The molecular formula is C14H18O8. The van der Waals surface area contributed by atoms with Crippen LogP contribution in [-0.4, -0.2) is 64.8 Å². The molecule has 1 aromatic rings. The Bertz CT molecular complexity index is 534. The number of phenolic OH excluding ortho intramolecular Hbond substituents is 2. The second kappa shape index (κ2) is 5.99. The molecule has 22 heavy (non-hydrogen) atoms. The summed E-state index contributed by atoms with van der Waals surface area (Å²) in [6.07, 6.45) is -5.60. The van der Waals surface area contributed by atoms with E-state index in [2.05, 4.69) is 0 Å². The van der Waals surface area contributed by atoms with Crippen LogP contribution >= 0.6 is 0 Å². The van der Waals surface area contributed by atoms with Crippen LogP contribution in [0.2, 0.25) is 0 Å². The van der Waals surface area contributed by atoms with E-state index in [0.29, 0.717) is 5.56 Å². The first kappa shape index (κ1) is 15.5. The predicted octanol–water partition coefficient (Wildman–Crippen LogP) is -0.395. The fraction of sp³-hybridized carbons (Fsp3) is 0.571. The number of phenols is 2. The molecular weight excluding hydrogens is 296 g/mol. The third-order valence-corrected chi connectivity index (χ3v) is 3.84. The zero-order valence-corrected chi connectivity index (χ0v) is 11.8. The van der Waals surface area contributed by atoms with Gasteiger partial charge < -0.3 is 39.4 Å². The molecule has 2 aliphatic rings. The van der Waals surface area contributed by atoms with E-state index in [-0.39, 0.29) is 18.1 Å². The average molecular weight is 314 g/mol. The lowest BCUT2D eigenvalue weighted by atomic mass is 9.98. The van der Waals surface area contributed by atoms with E-state index >= 15 is 0 Å². The zero-order valence-electron chi connectivity index (χ0n) is 11.8. The van der Waals surface area contributed by atoms with Crippen molar-refractivity contribution in [3.63, 3.8) is 0 Å². The van der Waals surface area contributed by atoms with Gasteiger partial charge in [-0.05, 0) is 12.1 Å². The number of fused-ring (bicyclic) bond motifs is 1. The quantitative estimate of drug-likeness (QED) is 0.545. The summed E-state index contributed by atoms with van der Waals surface area (Å²) < 4.78 is 21.6. The highest BCUT2D eigenvalue weighted by molar-refractivity contribution is 5.41. The van der Waals surface area contributed by atoms with Gasteiger partial charge in [-0.25, -0.2) is 0 Å². The van der Waals surface area contributed by atoms with Gasteiger partial charge in [0.15, 0.2) is 24.1 Å². The van der Waals surface area contributed by atoms with E-state index in [4.69, 9.17) is 18.9 Å². The smallest absolute Gasteiger partial charge is 0.186 e. The Balaban J connectivity index is 1.76. The van der Waals surface area contributed by atoms with Crippen LogP contribution in [0, 0.1) is 0 Å². The molecule has 0 saturated carbocycles. The van der Waals surface area contributed by atoms with E-state index in [1.165, 1.54) is 25.3 Å². The maximum absolute atomic E-state index is 10.2. The number of rotatable bonds is 2. The van der Waals surface area contributed by atoms with Gasteiger partial charge >= 0.3 is 0 Å². The maximum atomic E-state index is 10.2. The Morgan fingerprint density at radius 3 is 2.55 bits per heavy atom. The molecule has 0 aromatic heterocycles. The Morgan fingerprint density at radius 1 is 1.09 bits per heavy atom. The topological polar surface area (TPSA) is 118 Å². The molecule has 1 aromatic carbocycles. The Hall–Kier alpha value is -1.42. The van der Waals surface area contributed by atoms with Crippen LogP contribution in [0.4, 0.5) is 0 Å². The van der Waals surface area contributed by atoms with E-state index < -0.39 is 37.0 Å². The van der Waals surface area contributed by atoms with Crippen molar-refractivity contribution in [2.75, 3.05) is 13.7 Å². The van der Waals surface area contributed by atoms with Gasteiger partial charge in [-0.3, -0.25) is 0 Å². The van der Waals surface area contributed by atoms with Crippen LogP contribution in [0.25, 0.3) is 0 Å². The SMILES string of the molecule is CO[C@@H]1O[C@@H]2COC(c3ccc(O)c(O)c3)O[C@@H]2[C@H](O)[C@H]1O. The summed E-state index contributed by atoms with van der Waals surface area (Å²) in [7, 11) is 1.37. The molecule has 4 N–H and O–H groups in total. The van der Waals surface area contributed by atoms with Crippen molar-refractivity contribution in [2.45, 2.75) is 37.0 Å². The molecule has 0 bridgehead atoms. The second-order valence-corrected chi connectivity index (χ2v) is 5.27. The van der Waals surface area contributed by atoms with Gasteiger partial charge in [0.1, 0.15) is 24.4 Å². The van der Waals surface area contributed by atoms with E-state index in [0.717, 1.165) is 0 Å². The minimum absolute atomic E-state index is 0.126. The summed E-state index contributed by atoms with van der Waals surface area (Å²) in [4.78, 5) is 0. The number of aliphatic hydroxyl groups excluding tert-OH is 2. The van der Waals surface area contributed by atoms with Gasteiger partial charge in [-0.1, -0.05) is 6.07 Å². The van der Waals surface area contributed by atoms with Crippen LogP contribution in [-0.2, 0) is 18.9 Å². The van der Waals surface area contributed by atoms with E-state index in [1.54, 1.807) is 0 Å². The molecule has 8 nitrogen and oxygen atoms in total. The number of hydrogen-bond acceptors (Lipinski definition) is 8. The molecule has 0 spiro atoms. The van der Waals surface area contributed by atoms with Gasteiger partial charge in [-0.15, -0.1) is 0 Å². The number of benzene rings is 1. The highest BCUT2D eigenvalue weighted by Crippen LogP contribution is 2.36. The number of aliphatic hydroxyl groups is 2. The molecule has 1 unspecified atom stereocenters. The Kier molecular flexibility index (Phi) is 4.22. The Labute approximate surface area is 126 Å². The summed E-state index contributed by atoms with van der Waals surface area (Å²) in [5.74, 6) is -0.552. The minimum Gasteiger partial charge on any atom is -0.504 e. The fourth-order valence-electron chi connectivity index (χ4n) is 2.63. The fourth-order valence-corrected chi connectivity index (χ4v) is 2.63. The lowest BCUT2D eigenvalue weighted by Gasteiger charge is -2.45. The maximum Gasteiger partial charge on any atom is 0.186 e. The van der Waals surface area contributed by atoms with Gasteiger partial charge in [0, 0.05) is 12.7 Å². The molecule has 0 aliphatic carbocycles. The summed E-state index contributed by atoms with van der Waals surface area (Å²) >= 11 is 0. The largest absolute Gasteiger partial charge is 0.504 e. The molecule has 2 fully saturated rings. The molecule has 0 amide bonds. The van der Waals surface area contributed by atoms with Crippen molar-refractivity contribution in [3.8, 4) is 11.5 Å². The molecule has 6 atom stereocenters. The van der Waals surface area contributed by atoms with Crippen molar-refractivity contribution < 1.29 is 39.4 Å². The summed E-state index contributed by atoms with van der Waals surface area (Å²) in [6.45, 7) is 0.126. The molecule has 2 heterocycles. The average Bonchev–Trinajstić information content (AvgIpc) is 2.53. The van der Waals surface area contributed by atoms with Crippen LogP contribution < -0.4 is 0 Å². The summed E-state index contributed by atoms with van der Waals surface area (Å²) in [5, 5.41) is 38.9. The van der Waals surface area contributed by atoms with Crippen LogP contribution in [0.3, 0.4) is 0 Å². The summed E-state index contributed by atoms with van der Waals surface area (Å²) in [6, 6.07) is 4.16. The van der Waals surface area contributed by atoms with Crippen LogP contribution in [0.15, 0.2) is 18.2 Å². The van der Waals surface area contributed by atoms with Gasteiger partial charge in [-0.2, -0.15) is 0 Å². The minimum atomic E-state index is -1.24. The third-order valence-electron chi connectivity index (χ3n) is 3.84. The van der Waals surface area contributed by atoms with Crippen molar-refractivity contribution in [2.24, 2.45) is 0 Å². The first-order valence-electron chi connectivity index (χ1n) is 6.84. The highest BCUT2D eigenvalue weighted by Gasteiger charge is 2.49. The second-order valence-electron chi connectivity index (χ2n) is 5.27. The molecule has 122 valence electrons. The first-order valence-corrected chi connectivity index (χ1v) is 6.84. The van der Waals surface area contributed by atoms with Gasteiger partial charge in [0.2, 0.25) is 0 Å². The standard InChI is InChI=1S/C14H18O8/c1-19-14-11(18)10(17)12-9(21-14)5-20-13(22-12)6-2-3-7(15)8(16)4-6/h2-4,9-18H,5H2,1H3/t9-,10-,11-,12+,13?,14-/m1/s1. The number of aromatic hydroxyl groups is 2. The molecule has 8 heteroatoms. The highest BCUT2D eigenvalue weighted by atomic mass is 16.7. The molecule has 2 aliphatic heterocycles.